The molecule has 23 heavy (non-hydrogen) atoms. The van der Waals surface area contributed by atoms with E-state index >= 15 is 0 Å². The number of hydrogen-bond donors (Lipinski definition) is 1. The summed E-state index contributed by atoms with van der Waals surface area (Å²) in [6.07, 6.45) is 3.37. The van der Waals surface area contributed by atoms with Crippen LogP contribution < -0.4 is 5.32 Å². The first-order valence-electron chi connectivity index (χ1n) is 7.11. The molecule has 1 N–H and O–H groups in total. The second-order valence-electron chi connectivity index (χ2n) is 5.17. The summed E-state index contributed by atoms with van der Waals surface area (Å²) in [5, 5.41) is 6.87. The molecular weight excluding hydrogens is 314 g/mol. The molecule has 1 aromatic heterocycles. The lowest BCUT2D eigenvalue weighted by Gasteiger charge is -2.17. The minimum atomic E-state index is -2.59. The van der Waals surface area contributed by atoms with Crippen molar-refractivity contribution in [2.45, 2.75) is 17.9 Å². The van der Waals surface area contributed by atoms with Gasteiger partial charge in [0.25, 0.3) is 0 Å². The van der Waals surface area contributed by atoms with E-state index in [0.717, 1.165) is 0 Å². The van der Waals surface area contributed by atoms with Crippen molar-refractivity contribution in [3.63, 3.8) is 0 Å². The van der Waals surface area contributed by atoms with E-state index in [0.29, 0.717) is 10.6 Å². The van der Waals surface area contributed by atoms with Crippen molar-refractivity contribution in [3.8, 4) is 0 Å². The topological polar surface area (TPSA) is 79.6 Å². The first-order valence-corrected chi connectivity index (χ1v) is 8.58. The molecule has 7 nitrogen and oxygen atoms in total. The number of carbonyl (C=O) groups excluding carboxylic acids is 1. The molecule has 2 rings (SSSR count). The molecule has 0 saturated carbocycles. The maximum absolute atomic E-state index is 12.7. The van der Waals surface area contributed by atoms with Crippen LogP contribution in [0.25, 0.3) is 0 Å². The Morgan fingerprint density at radius 3 is 2.48 bits per heavy atom. The van der Waals surface area contributed by atoms with Crippen molar-refractivity contribution in [1.82, 2.24) is 14.1 Å². The van der Waals surface area contributed by atoms with Crippen LogP contribution in [0.2, 0.25) is 0 Å². The number of carbonyl (C=O) groups is 1. The van der Waals surface area contributed by atoms with Gasteiger partial charge in [-0.2, -0.15) is 5.10 Å². The van der Waals surface area contributed by atoms with Crippen LogP contribution in [0, 0.1) is 0 Å². The average molecular weight is 335 g/mol. The van der Waals surface area contributed by atoms with Gasteiger partial charge in [0.1, 0.15) is 16.0 Å². The summed E-state index contributed by atoms with van der Waals surface area (Å²) in [7, 11) is 2.38. The van der Waals surface area contributed by atoms with Gasteiger partial charge in [-0.25, -0.2) is 12.9 Å². The molecule has 2 atom stereocenters. The van der Waals surface area contributed by atoms with E-state index in [1.54, 1.807) is 72.7 Å². The number of amides is 1. The van der Waals surface area contributed by atoms with Gasteiger partial charge in [0, 0.05) is 39.2 Å². The van der Waals surface area contributed by atoms with E-state index in [9.17, 15) is 9.00 Å². The van der Waals surface area contributed by atoms with Gasteiger partial charge in [-0.05, 0) is 37.3 Å². The predicted octanol–water partition coefficient (Wildman–Crippen LogP) is 2.02. The Labute approximate surface area is 136 Å². The second-order valence-corrected chi connectivity index (χ2v) is 7.73. The monoisotopic (exact) mass is 335 g/mol. The lowest BCUT2D eigenvalue weighted by atomic mass is 10.2. The highest BCUT2D eigenvalue weighted by Gasteiger charge is 2.17. The molecule has 0 fully saturated rings. The van der Waals surface area contributed by atoms with E-state index in [4.69, 9.17) is 0 Å². The van der Waals surface area contributed by atoms with Crippen molar-refractivity contribution in [3.05, 3.63) is 42.7 Å². The first-order chi connectivity index (χ1) is 10.9. The van der Waals surface area contributed by atoms with Crippen molar-refractivity contribution in [2.75, 3.05) is 26.5 Å². The van der Waals surface area contributed by atoms with Gasteiger partial charge in [-0.3, -0.25) is 9.48 Å². The van der Waals surface area contributed by atoms with Gasteiger partial charge in [0.2, 0.25) is 5.91 Å². The minimum absolute atomic E-state index is 0.171. The zero-order valence-corrected chi connectivity index (χ0v) is 14.4. The van der Waals surface area contributed by atoms with Gasteiger partial charge in [0.15, 0.2) is 0 Å². The van der Waals surface area contributed by atoms with Crippen molar-refractivity contribution in [1.29, 1.82) is 0 Å². The number of anilines is 1. The number of hydrogen-bond acceptors (Lipinski definition) is 4. The van der Waals surface area contributed by atoms with Crippen LogP contribution in [0.4, 0.5) is 5.69 Å². The fourth-order valence-electron chi connectivity index (χ4n) is 2.07. The standard InChI is InChI=1S/C15H21N5O2S/c1-12(20-11-5-10-17-20)15(21)18-13-6-8-14(9-7-13)23(22,16-2)19(3)4/h5-12H,1-4H3,(H,18,21). The Hall–Kier alpha value is -2.19. The molecule has 1 amide bonds. The van der Waals surface area contributed by atoms with Crippen LogP contribution in [0.15, 0.2) is 52.0 Å². The Kier molecular flexibility index (Phi) is 5.17. The van der Waals surface area contributed by atoms with Crippen molar-refractivity contribution in [2.24, 2.45) is 4.36 Å². The Balaban J connectivity index is 2.15. The van der Waals surface area contributed by atoms with Crippen LogP contribution in [0.5, 0.6) is 0 Å². The molecule has 0 bridgehead atoms. The maximum atomic E-state index is 12.7. The average Bonchev–Trinajstić information content (AvgIpc) is 3.08. The van der Waals surface area contributed by atoms with Gasteiger partial charge in [0.05, 0.1) is 4.90 Å². The van der Waals surface area contributed by atoms with Crippen LogP contribution in [0.1, 0.15) is 13.0 Å². The summed E-state index contributed by atoms with van der Waals surface area (Å²) in [6.45, 7) is 1.77. The Bertz CT molecular complexity index is 775. The highest BCUT2D eigenvalue weighted by molar-refractivity contribution is 7.91. The fourth-order valence-corrected chi connectivity index (χ4v) is 3.52. The Morgan fingerprint density at radius 2 is 2.00 bits per heavy atom. The molecule has 1 aromatic carbocycles. The highest BCUT2D eigenvalue weighted by Crippen LogP contribution is 2.19. The normalized spacial score (nSPS) is 15.0. The lowest BCUT2D eigenvalue weighted by Crippen LogP contribution is -2.24. The summed E-state index contributed by atoms with van der Waals surface area (Å²) >= 11 is 0. The van der Waals surface area contributed by atoms with E-state index < -0.39 is 16.0 Å². The van der Waals surface area contributed by atoms with E-state index in [-0.39, 0.29) is 5.91 Å². The molecule has 2 aromatic rings. The zero-order chi connectivity index (χ0) is 17.0. The Morgan fingerprint density at radius 1 is 1.35 bits per heavy atom. The van der Waals surface area contributed by atoms with Crippen LogP contribution >= 0.6 is 0 Å². The third-order valence-corrected chi connectivity index (χ3v) is 5.84. The summed E-state index contributed by atoms with van der Waals surface area (Å²) in [6, 6.07) is 8.22. The smallest absolute Gasteiger partial charge is 0.248 e. The van der Waals surface area contributed by atoms with Crippen molar-refractivity contribution < 1.29 is 9.00 Å². The second kappa shape index (κ2) is 6.93. The molecular formula is C15H21N5O2S. The summed E-state index contributed by atoms with van der Waals surface area (Å²) in [5.41, 5.74) is 0.634. The molecule has 0 radical (unpaired) electrons. The molecule has 2 unspecified atom stereocenters. The fraction of sp³-hybridized carbons (Fsp3) is 0.333. The van der Waals surface area contributed by atoms with E-state index in [1.165, 1.54) is 7.05 Å². The van der Waals surface area contributed by atoms with Gasteiger partial charge < -0.3 is 5.32 Å². The molecule has 0 spiro atoms. The highest BCUT2D eigenvalue weighted by atomic mass is 32.2. The third-order valence-electron chi connectivity index (χ3n) is 3.47. The van der Waals surface area contributed by atoms with Crippen LogP contribution in [-0.2, 0) is 14.7 Å². The molecule has 124 valence electrons. The predicted molar refractivity (Wildman–Crippen MR) is 90.5 cm³/mol. The third kappa shape index (κ3) is 3.59. The lowest BCUT2D eigenvalue weighted by molar-refractivity contribution is -0.119. The minimum Gasteiger partial charge on any atom is -0.324 e. The first kappa shape index (κ1) is 17.2. The van der Waals surface area contributed by atoms with E-state index in [1.807, 2.05) is 0 Å². The van der Waals surface area contributed by atoms with Crippen LogP contribution in [0.3, 0.4) is 0 Å². The SMILES string of the molecule is CN=S(=O)(c1ccc(NC(=O)C(C)n2cccn2)cc1)N(C)C. The quantitative estimate of drug-likeness (QED) is 0.908. The van der Waals surface area contributed by atoms with E-state index in [2.05, 4.69) is 14.8 Å². The number of benzene rings is 1. The zero-order valence-electron chi connectivity index (χ0n) is 13.6. The largest absolute Gasteiger partial charge is 0.324 e. The number of nitrogens with zero attached hydrogens (tertiary/aromatic N) is 4. The summed E-state index contributed by atoms with van der Waals surface area (Å²) in [4.78, 5) is 12.8. The summed E-state index contributed by atoms with van der Waals surface area (Å²) in [5.74, 6) is -0.171. The van der Waals surface area contributed by atoms with Gasteiger partial charge in [-0.15, -0.1) is 0 Å². The molecule has 0 aliphatic rings. The van der Waals surface area contributed by atoms with Crippen molar-refractivity contribution >= 4 is 21.5 Å². The molecule has 0 aliphatic carbocycles. The number of nitrogens with one attached hydrogen (secondary N) is 1. The van der Waals surface area contributed by atoms with Gasteiger partial charge in [-0.1, -0.05) is 0 Å². The molecule has 8 heteroatoms. The van der Waals surface area contributed by atoms with Gasteiger partial charge >= 0.3 is 0 Å². The molecule has 0 saturated heterocycles. The number of aromatic nitrogens is 2. The maximum Gasteiger partial charge on any atom is 0.248 e. The van der Waals surface area contributed by atoms with Crippen LogP contribution in [-0.4, -0.2) is 45.3 Å². The molecule has 1 heterocycles. The number of rotatable bonds is 5. The summed E-state index contributed by atoms with van der Waals surface area (Å²) < 4.78 is 19.9. The molecule has 0 aliphatic heterocycles.